The van der Waals surface area contributed by atoms with Gasteiger partial charge in [-0.2, -0.15) is 10.3 Å². The molecule has 0 saturated heterocycles. The van der Waals surface area contributed by atoms with Crippen molar-refractivity contribution in [1.82, 2.24) is 5.06 Å². The zero-order valence-corrected chi connectivity index (χ0v) is 16.2. The molecular formula is C23H19N3O4. The molecule has 0 spiro atoms. The maximum absolute atomic E-state index is 12.5. The van der Waals surface area contributed by atoms with Crippen molar-refractivity contribution in [1.29, 1.82) is 5.26 Å². The molecule has 0 radical (unpaired) electrons. The van der Waals surface area contributed by atoms with Crippen LogP contribution in [0.5, 0.6) is 11.5 Å². The maximum atomic E-state index is 12.5. The topological polar surface area (TPSA) is 94.8 Å². The first kappa shape index (κ1) is 19.3. The van der Waals surface area contributed by atoms with E-state index in [1.807, 2.05) is 12.1 Å². The molecule has 30 heavy (non-hydrogen) atoms. The predicted molar refractivity (Wildman–Crippen MR) is 109 cm³/mol. The van der Waals surface area contributed by atoms with Gasteiger partial charge >= 0.3 is 0 Å². The van der Waals surface area contributed by atoms with Crippen LogP contribution in [0.15, 0.2) is 66.7 Å². The third-order valence-corrected chi connectivity index (χ3v) is 4.90. The summed E-state index contributed by atoms with van der Waals surface area (Å²) in [5.74, 6) is 0.769. The summed E-state index contributed by atoms with van der Waals surface area (Å²) < 4.78 is 11.3. The van der Waals surface area contributed by atoms with E-state index in [1.54, 1.807) is 61.7 Å². The molecule has 1 heterocycles. The monoisotopic (exact) mass is 401 g/mol. The largest absolute Gasteiger partial charge is 0.496 e. The Morgan fingerprint density at radius 1 is 1.13 bits per heavy atom. The number of nitriles is 1. The van der Waals surface area contributed by atoms with Crippen LogP contribution in [0.4, 0.5) is 5.69 Å². The number of para-hydroxylation sites is 1. The molecule has 0 aromatic heterocycles. The van der Waals surface area contributed by atoms with Crippen LogP contribution in [0.25, 0.3) is 0 Å². The summed E-state index contributed by atoms with van der Waals surface area (Å²) in [6.45, 7) is 0.214. The van der Waals surface area contributed by atoms with Crippen molar-refractivity contribution in [2.45, 2.75) is 12.8 Å². The number of fused-ring (bicyclic) bond motifs is 1. The van der Waals surface area contributed by atoms with Gasteiger partial charge in [0.2, 0.25) is 0 Å². The SMILES string of the molecule is COc1ccc(C2Nc3ccccc3C(=O)N2O)cc1COc1ccc(C#N)cc1. The average molecular weight is 401 g/mol. The molecule has 1 unspecified atom stereocenters. The summed E-state index contributed by atoms with van der Waals surface area (Å²) in [5.41, 5.74) is 3.05. The van der Waals surface area contributed by atoms with Gasteiger partial charge in [-0.3, -0.25) is 10.0 Å². The molecule has 1 aliphatic rings. The first-order valence-corrected chi connectivity index (χ1v) is 9.28. The van der Waals surface area contributed by atoms with Crippen LogP contribution < -0.4 is 14.8 Å². The molecule has 0 aliphatic carbocycles. The van der Waals surface area contributed by atoms with Crippen LogP contribution >= 0.6 is 0 Å². The molecule has 2 N–H and O–H groups in total. The van der Waals surface area contributed by atoms with Gasteiger partial charge in [0.1, 0.15) is 18.1 Å². The van der Waals surface area contributed by atoms with E-state index in [1.165, 1.54) is 0 Å². The van der Waals surface area contributed by atoms with E-state index >= 15 is 0 Å². The van der Waals surface area contributed by atoms with Crippen LogP contribution in [0.1, 0.15) is 33.2 Å². The lowest BCUT2D eigenvalue weighted by atomic mass is 10.0. The number of hydrogen-bond acceptors (Lipinski definition) is 6. The van der Waals surface area contributed by atoms with Crippen LogP contribution in [-0.2, 0) is 6.61 Å². The van der Waals surface area contributed by atoms with Crippen molar-refractivity contribution in [3.63, 3.8) is 0 Å². The molecule has 1 aliphatic heterocycles. The Labute approximate surface area is 173 Å². The number of methoxy groups -OCH3 is 1. The Hall–Kier alpha value is -4.02. The third-order valence-electron chi connectivity index (χ3n) is 4.90. The number of hydroxylamine groups is 2. The Balaban J connectivity index is 1.59. The molecule has 0 bridgehead atoms. The fraction of sp³-hybridized carbons (Fsp3) is 0.130. The standard InChI is InChI=1S/C23H19N3O4/c1-29-21-11-8-16(12-17(21)14-30-18-9-6-15(13-24)7-10-18)22-25-20-5-3-2-4-19(20)23(27)26(22)28/h2-12,22,25,28H,14H2,1H3. The number of nitrogens with zero attached hydrogens (tertiary/aromatic N) is 2. The van der Waals surface area contributed by atoms with Gasteiger partial charge in [0.25, 0.3) is 5.91 Å². The van der Waals surface area contributed by atoms with E-state index in [4.69, 9.17) is 14.7 Å². The highest BCUT2D eigenvalue weighted by molar-refractivity contribution is 6.01. The lowest BCUT2D eigenvalue weighted by molar-refractivity contribution is -0.0851. The quantitative estimate of drug-likeness (QED) is 0.625. The number of benzene rings is 3. The molecule has 0 fully saturated rings. The normalized spacial score (nSPS) is 15.0. The molecule has 4 rings (SSSR count). The Kier molecular flexibility index (Phi) is 5.24. The first-order chi connectivity index (χ1) is 14.6. The minimum Gasteiger partial charge on any atom is -0.496 e. The van der Waals surface area contributed by atoms with Gasteiger partial charge in [0.15, 0.2) is 6.17 Å². The number of carbonyl (C=O) groups excluding carboxylic acids is 1. The Morgan fingerprint density at radius 3 is 2.63 bits per heavy atom. The van der Waals surface area contributed by atoms with Gasteiger partial charge in [-0.25, -0.2) is 0 Å². The van der Waals surface area contributed by atoms with E-state index in [9.17, 15) is 10.0 Å². The van der Waals surface area contributed by atoms with Crippen molar-refractivity contribution >= 4 is 11.6 Å². The molecule has 7 nitrogen and oxygen atoms in total. The predicted octanol–water partition coefficient (Wildman–Crippen LogP) is 4.10. The Bertz CT molecular complexity index is 1120. The fourth-order valence-electron chi connectivity index (χ4n) is 3.34. The summed E-state index contributed by atoms with van der Waals surface area (Å²) in [6, 6.07) is 21.3. The lowest BCUT2D eigenvalue weighted by Crippen LogP contribution is -2.40. The van der Waals surface area contributed by atoms with Crippen LogP contribution in [0, 0.1) is 11.3 Å². The van der Waals surface area contributed by atoms with Gasteiger partial charge in [-0.05, 0) is 54.1 Å². The van der Waals surface area contributed by atoms with E-state index < -0.39 is 12.1 Å². The summed E-state index contributed by atoms with van der Waals surface area (Å²) in [7, 11) is 1.57. The van der Waals surface area contributed by atoms with Crippen molar-refractivity contribution < 1.29 is 19.5 Å². The van der Waals surface area contributed by atoms with E-state index in [2.05, 4.69) is 11.4 Å². The number of nitrogens with one attached hydrogen (secondary N) is 1. The van der Waals surface area contributed by atoms with Crippen LogP contribution in [0.2, 0.25) is 0 Å². The van der Waals surface area contributed by atoms with E-state index in [-0.39, 0.29) is 6.61 Å². The number of amides is 1. The van der Waals surface area contributed by atoms with Crippen LogP contribution in [-0.4, -0.2) is 23.3 Å². The summed E-state index contributed by atoms with van der Waals surface area (Å²) in [6.07, 6.45) is -0.744. The lowest BCUT2D eigenvalue weighted by Gasteiger charge is -2.33. The molecule has 150 valence electrons. The highest BCUT2D eigenvalue weighted by atomic mass is 16.5. The second kappa shape index (κ2) is 8.15. The van der Waals surface area contributed by atoms with E-state index in [0.717, 1.165) is 5.56 Å². The molecule has 3 aromatic rings. The van der Waals surface area contributed by atoms with Crippen molar-refractivity contribution in [2.24, 2.45) is 0 Å². The van der Waals surface area contributed by atoms with Crippen molar-refractivity contribution in [3.8, 4) is 17.6 Å². The number of hydrogen-bond donors (Lipinski definition) is 2. The number of anilines is 1. The number of ether oxygens (including phenoxy) is 2. The Morgan fingerprint density at radius 2 is 1.90 bits per heavy atom. The summed E-state index contributed by atoms with van der Waals surface area (Å²) in [5, 5.41) is 23.2. The minimum absolute atomic E-state index is 0.214. The van der Waals surface area contributed by atoms with Gasteiger partial charge in [0, 0.05) is 11.3 Å². The molecule has 1 atom stereocenters. The summed E-state index contributed by atoms with van der Waals surface area (Å²) >= 11 is 0. The van der Waals surface area contributed by atoms with Crippen molar-refractivity contribution in [2.75, 3.05) is 12.4 Å². The van der Waals surface area contributed by atoms with Crippen LogP contribution in [0.3, 0.4) is 0 Å². The fourth-order valence-corrected chi connectivity index (χ4v) is 3.34. The maximum Gasteiger partial charge on any atom is 0.281 e. The number of carbonyl (C=O) groups is 1. The number of rotatable bonds is 5. The zero-order chi connectivity index (χ0) is 21.1. The minimum atomic E-state index is -0.744. The molecular weight excluding hydrogens is 382 g/mol. The molecule has 7 heteroatoms. The first-order valence-electron chi connectivity index (χ1n) is 9.28. The average Bonchev–Trinajstić information content (AvgIpc) is 2.80. The summed E-state index contributed by atoms with van der Waals surface area (Å²) in [4.78, 5) is 12.5. The smallest absolute Gasteiger partial charge is 0.281 e. The third kappa shape index (κ3) is 3.64. The van der Waals surface area contributed by atoms with Gasteiger partial charge < -0.3 is 14.8 Å². The zero-order valence-electron chi connectivity index (χ0n) is 16.2. The van der Waals surface area contributed by atoms with Crippen molar-refractivity contribution in [3.05, 3.63) is 89.0 Å². The van der Waals surface area contributed by atoms with Gasteiger partial charge in [-0.15, -0.1) is 0 Å². The van der Waals surface area contributed by atoms with Gasteiger partial charge in [0.05, 0.1) is 24.3 Å². The second-order valence-corrected chi connectivity index (χ2v) is 6.74. The molecule has 0 saturated carbocycles. The molecule has 1 amide bonds. The second-order valence-electron chi connectivity index (χ2n) is 6.74. The highest BCUT2D eigenvalue weighted by Gasteiger charge is 2.32. The van der Waals surface area contributed by atoms with E-state index in [0.29, 0.717) is 38.9 Å². The van der Waals surface area contributed by atoms with Gasteiger partial charge in [-0.1, -0.05) is 18.2 Å². The molecule has 3 aromatic carbocycles. The highest BCUT2D eigenvalue weighted by Crippen LogP contribution is 2.33.